The van der Waals surface area contributed by atoms with Gasteiger partial charge < -0.3 is 20.3 Å². The Labute approximate surface area is 178 Å². The van der Waals surface area contributed by atoms with Crippen LogP contribution in [0.5, 0.6) is 0 Å². The molecule has 0 spiro atoms. The Bertz CT molecular complexity index is 696. The zero-order valence-electron chi connectivity index (χ0n) is 16.8. The highest BCUT2D eigenvalue weighted by atomic mass is 35.5. The van der Waals surface area contributed by atoms with E-state index in [1.807, 2.05) is 0 Å². The third-order valence-corrected chi connectivity index (χ3v) is 5.41. The van der Waals surface area contributed by atoms with Crippen molar-refractivity contribution in [3.8, 4) is 0 Å². The summed E-state index contributed by atoms with van der Waals surface area (Å²) in [5, 5.41) is 6.20. The number of amides is 2. The van der Waals surface area contributed by atoms with Gasteiger partial charge in [-0.2, -0.15) is 0 Å². The second-order valence-corrected chi connectivity index (χ2v) is 7.44. The normalized spacial score (nSPS) is 19.3. The number of carbonyl (C=O) groups is 3. The van der Waals surface area contributed by atoms with Gasteiger partial charge in [-0.3, -0.25) is 14.4 Å². The van der Waals surface area contributed by atoms with E-state index in [1.165, 1.54) is 0 Å². The SMILES string of the molecule is CCOC(=O)C1CCN(C(=O)c2ccc(NC(=O)CC3CCCN3)cc2)CC1.Cl. The summed E-state index contributed by atoms with van der Waals surface area (Å²) in [7, 11) is 0. The fourth-order valence-corrected chi connectivity index (χ4v) is 3.82. The van der Waals surface area contributed by atoms with Crippen LogP contribution in [0.3, 0.4) is 0 Å². The molecule has 1 atom stereocenters. The van der Waals surface area contributed by atoms with Crippen molar-refractivity contribution < 1.29 is 19.1 Å². The number of hydrogen-bond acceptors (Lipinski definition) is 5. The molecule has 7 nitrogen and oxygen atoms in total. The average molecular weight is 424 g/mol. The van der Waals surface area contributed by atoms with Gasteiger partial charge in [0.2, 0.25) is 5.91 Å². The van der Waals surface area contributed by atoms with Crippen molar-refractivity contribution in [3.63, 3.8) is 0 Å². The Morgan fingerprint density at radius 1 is 1.14 bits per heavy atom. The van der Waals surface area contributed by atoms with Crippen LogP contribution in [0.15, 0.2) is 24.3 Å². The van der Waals surface area contributed by atoms with Crippen LogP contribution in [-0.4, -0.2) is 55.0 Å². The van der Waals surface area contributed by atoms with Crippen LogP contribution in [0, 0.1) is 5.92 Å². The second kappa shape index (κ2) is 11.2. The zero-order valence-corrected chi connectivity index (χ0v) is 17.6. The van der Waals surface area contributed by atoms with Crippen LogP contribution in [-0.2, 0) is 14.3 Å². The first-order chi connectivity index (χ1) is 13.6. The maximum absolute atomic E-state index is 12.7. The zero-order chi connectivity index (χ0) is 19.9. The molecule has 3 rings (SSSR count). The van der Waals surface area contributed by atoms with Crippen molar-refractivity contribution in [2.75, 3.05) is 31.6 Å². The van der Waals surface area contributed by atoms with E-state index < -0.39 is 0 Å². The number of hydrogen-bond donors (Lipinski definition) is 2. The number of anilines is 1. The predicted molar refractivity (Wildman–Crippen MR) is 113 cm³/mol. The first kappa shape index (κ1) is 23.2. The van der Waals surface area contributed by atoms with Crippen molar-refractivity contribution in [2.24, 2.45) is 5.92 Å². The minimum Gasteiger partial charge on any atom is -0.466 e. The van der Waals surface area contributed by atoms with Gasteiger partial charge in [-0.15, -0.1) is 12.4 Å². The van der Waals surface area contributed by atoms with E-state index in [4.69, 9.17) is 4.74 Å². The predicted octanol–water partition coefficient (Wildman–Crippen LogP) is 2.60. The maximum Gasteiger partial charge on any atom is 0.309 e. The van der Waals surface area contributed by atoms with Crippen LogP contribution in [0.1, 0.15) is 49.4 Å². The van der Waals surface area contributed by atoms with Gasteiger partial charge in [0.25, 0.3) is 5.91 Å². The minimum atomic E-state index is -0.164. The summed E-state index contributed by atoms with van der Waals surface area (Å²) < 4.78 is 5.07. The molecular weight excluding hydrogens is 394 g/mol. The molecule has 0 radical (unpaired) electrons. The number of rotatable bonds is 6. The van der Waals surface area contributed by atoms with Gasteiger partial charge in [0.15, 0.2) is 0 Å². The first-order valence-electron chi connectivity index (χ1n) is 10.2. The van der Waals surface area contributed by atoms with Crippen molar-refractivity contribution >= 4 is 35.9 Å². The number of benzene rings is 1. The number of esters is 1. The molecule has 2 amide bonds. The lowest BCUT2D eigenvalue weighted by Crippen LogP contribution is -2.40. The lowest BCUT2D eigenvalue weighted by Gasteiger charge is -2.31. The number of carbonyl (C=O) groups excluding carboxylic acids is 3. The van der Waals surface area contributed by atoms with E-state index in [1.54, 1.807) is 36.1 Å². The van der Waals surface area contributed by atoms with Crippen molar-refractivity contribution in [1.29, 1.82) is 0 Å². The molecule has 1 aromatic carbocycles. The standard InChI is InChI=1S/C21H29N3O4.ClH/c1-2-28-21(27)16-9-12-24(13-10-16)20(26)15-5-7-17(8-6-15)23-19(25)14-18-4-3-11-22-18;/h5-8,16,18,22H,2-4,9-14H2,1H3,(H,23,25);1H. The van der Waals surface area contributed by atoms with Crippen LogP contribution in [0.4, 0.5) is 5.69 Å². The Balaban J connectivity index is 0.00000300. The molecule has 2 aliphatic heterocycles. The van der Waals surface area contributed by atoms with Crippen molar-refractivity contribution in [3.05, 3.63) is 29.8 Å². The summed E-state index contributed by atoms with van der Waals surface area (Å²) in [6, 6.07) is 7.27. The van der Waals surface area contributed by atoms with Gasteiger partial charge in [-0.05, 0) is 63.4 Å². The summed E-state index contributed by atoms with van der Waals surface area (Å²) in [4.78, 5) is 38.4. The Morgan fingerprint density at radius 2 is 1.83 bits per heavy atom. The van der Waals surface area contributed by atoms with Crippen LogP contribution in [0.25, 0.3) is 0 Å². The minimum absolute atomic E-state index is 0. The van der Waals surface area contributed by atoms with E-state index in [2.05, 4.69) is 10.6 Å². The highest BCUT2D eigenvalue weighted by Gasteiger charge is 2.28. The number of halogens is 1. The van der Waals surface area contributed by atoms with Gasteiger partial charge in [-0.25, -0.2) is 0 Å². The second-order valence-electron chi connectivity index (χ2n) is 7.44. The smallest absolute Gasteiger partial charge is 0.309 e. The number of nitrogens with zero attached hydrogens (tertiary/aromatic N) is 1. The summed E-state index contributed by atoms with van der Waals surface area (Å²) in [6.07, 6.45) is 3.89. The van der Waals surface area contributed by atoms with E-state index in [0.29, 0.717) is 50.2 Å². The Morgan fingerprint density at radius 3 is 2.41 bits per heavy atom. The molecule has 2 saturated heterocycles. The lowest BCUT2D eigenvalue weighted by atomic mass is 9.96. The summed E-state index contributed by atoms with van der Waals surface area (Å²) >= 11 is 0. The maximum atomic E-state index is 12.7. The molecule has 2 fully saturated rings. The third-order valence-electron chi connectivity index (χ3n) is 5.41. The van der Waals surface area contributed by atoms with E-state index >= 15 is 0 Å². The van der Waals surface area contributed by atoms with E-state index in [9.17, 15) is 14.4 Å². The van der Waals surface area contributed by atoms with Gasteiger partial charge in [0.1, 0.15) is 0 Å². The summed E-state index contributed by atoms with van der Waals surface area (Å²) in [5.74, 6) is -0.340. The quantitative estimate of drug-likeness (QED) is 0.686. The van der Waals surface area contributed by atoms with Crippen LogP contribution >= 0.6 is 12.4 Å². The van der Waals surface area contributed by atoms with Crippen molar-refractivity contribution in [1.82, 2.24) is 10.2 Å². The molecule has 8 heteroatoms. The Kier molecular flexibility index (Phi) is 8.92. The molecule has 29 heavy (non-hydrogen) atoms. The largest absolute Gasteiger partial charge is 0.466 e. The van der Waals surface area contributed by atoms with E-state index in [0.717, 1.165) is 19.4 Å². The Hall–Kier alpha value is -2.12. The van der Waals surface area contributed by atoms with Gasteiger partial charge in [-0.1, -0.05) is 0 Å². The molecular formula is C21H30ClN3O4. The van der Waals surface area contributed by atoms with Gasteiger partial charge in [0.05, 0.1) is 12.5 Å². The lowest BCUT2D eigenvalue weighted by molar-refractivity contribution is -0.149. The van der Waals surface area contributed by atoms with E-state index in [-0.39, 0.29) is 42.2 Å². The number of nitrogens with one attached hydrogen (secondary N) is 2. The topological polar surface area (TPSA) is 87.7 Å². The van der Waals surface area contributed by atoms with Crippen LogP contribution < -0.4 is 10.6 Å². The summed E-state index contributed by atoms with van der Waals surface area (Å²) in [6.45, 7) is 4.27. The molecule has 160 valence electrons. The molecule has 2 aliphatic rings. The van der Waals surface area contributed by atoms with Gasteiger partial charge >= 0.3 is 5.97 Å². The van der Waals surface area contributed by atoms with Gasteiger partial charge in [0, 0.05) is 36.8 Å². The molecule has 1 aromatic rings. The number of ether oxygens (including phenoxy) is 1. The highest BCUT2D eigenvalue weighted by Crippen LogP contribution is 2.21. The van der Waals surface area contributed by atoms with Crippen molar-refractivity contribution in [2.45, 2.75) is 45.1 Å². The molecule has 0 saturated carbocycles. The highest BCUT2D eigenvalue weighted by molar-refractivity contribution is 5.96. The molecule has 1 unspecified atom stereocenters. The monoisotopic (exact) mass is 423 g/mol. The molecule has 0 bridgehead atoms. The molecule has 2 N–H and O–H groups in total. The molecule has 0 aliphatic carbocycles. The number of piperidine rings is 1. The average Bonchev–Trinajstić information content (AvgIpc) is 3.21. The fraction of sp³-hybridized carbons (Fsp3) is 0.571. The fourth-order valence-electron chi connectivity index (χ4n) is 3.82. The first-order valence-corrected chi connectivity index (χ1v) is 10.2. The molecule has 0 aromatic heterocycles. The third kappa shape index (κ3) is 6.44. The van der Waals surface area contributed by atoms with Crippen LogP contribution in [0.2, 0.25) is 0 Å². The molecule has 2 heterocycles. The summed E-state index contributed by atoms with van der Waals surface area (Å²) in [5.41, 5.74) is 1.28. The number of likely N-dealkylation sites (tertiary alicyclic amines) is 1.